The van der Waals surface area contributed by atoms with Gasteiger partial charge in [0.1, 0.15) is 23.1 Å². The molecular weight excluding hydrogens is 430 g/mol. The largest absolute Gasteiger partial charge is 0.394 e. The van der Waals surface area contributed by atoms with E-state index in [-0.39, 0.29) is 10.7 Å². The average molecular weight is 455 g/mol. The first-order chi connectivity index (χ1) is 14.2. The van der Waals surface area contributed by atoms with Gasteiger partial charge in [0, 0.05) is 11.6 Å². The first-order valence-electron chi connectivity index (χ1n) is 9.31. The number of hydrogen-bond donors (Lipinski definition) is 5. The smallest absolute Gasteiger partial charge is 0.351 e. The number of ether oxygens (including phenoxy) is 1. The van der Waals surface area contributed by atoms with Crippen molar-refractivity contribution in [2.45, 2.75) is 49.2 Å². The summed E-state index contributed by atoms with van der Waals surface area (Å²) in [6.45, 7) is 4.69. The van der Waals surface area contributed by atoms with Gasteiger partial charge >= 0.3 is 5.69 Å². The van der Waals surface area contributed by atoms with Crippen molar-refractivity contribution in [2.24, 2.45) is 5.41 Å². The summed E-state index contributed by atoms with van der Waals surface area (Å²) in [6.07, 6.45) is -0.751. The number of rotatable bonds is 3. The minimum atomic E-state index is -4.02. The fraction of sp³-hybridized carbons (Fsp3) is 0.474. The Morgan fingerprint density at radius 1 is 1.16 bits per heavy atom. The van der Waals surface area contributed by atoms with Crippen molar-refractivity contribution in [1.29, 1.82) is 0 Å². The van der Waals surface area contributed by atoms with Crippen LogP contribution in [0.25, 0.3) is 0 Å². The highest BCUT2D eigenvalue weighted by atomic mass is 32.2. The number of aryl methyl sites for hydroxylation is 1. The van der Waals surface area contributed by atoms with Crippen molar-refractivity contribution < 1.29 is 33.0 Å². The molecule has 11 nitrogen and oxygen atoms in total. The third kappa shape index (κ3) is 3.35. The molecule has 1 aromatic heterocycles. The zero-order chi connectivity index (χ0) is 23.4. The van der Waals surface area contributed by atoms with E-state index < -0.39 is 51.4 Å². The number of anilines is 1. The predicted octanol–water partition coefficient (Wildman–Crippen LogP) is -0.541. The van der Waals surface area contributed by atoms with Gasteiger partial charge < -0.3 is 25.8 Å². The van der Waals surface area contributed by atoms with E-state index >= 15 is 0 Å². The Hall–Kier alpha value is -2.35. The van der Waals surface area contributed by atoms with Crippen LogP contribution in [0.4, 0.5) is 5.82 Å². The van der Waals surface area contributed by atoms with Crippen molar-refractivity contribution in [3.63, 3.8) is 0 Å². The Morgan fingerprint density at radius 2 is 1.74 bits per heavy atom. The standard InChI is InChI=1S/C12H17N3O5.C7H8O3S/c1-10(2)11(18)6(5-16)20-8(12(10,11)19)15-4-3-7(13)14-9(15)17;1-6-2-4-7(5-3-6)11(8,9)10/h3-4,6,8,16,18-19H,5H2,1-2H3,(H2,13,14,17);2-5H,1H3,(H,8,9,10)/t6-,8-,11-,12+;/m1./s1. The van der Waals surface area contributed by atoms with E-state index in [0.717, 1.165) is 10.1 Å². The minimum absolute atomic E-state index is 0.0558. The maximum atomic E-state index is 11.9. The molecule has 0 bridgehead atoms. The summed E-state index contributed by atoms with van der Waals surface area (Å²) in [5.41, 5.74) is 1.49. The van der Waals surface area contributed by atoms with Gasteiger partial charge in [0.25, 0.3) is 10.1 Å². The molecule has 2 fully saturated rings. The van der Waals surface area contributed by atoms with Crippen molar-refractivity contribution in [3.05, 3.63) is 52.6 Å². The molecule has 2 aromatic rings. The molecular formula is C19H25N3O8S. The number of nitrogens with zero attached hydrogens (tertiary/aromatic N) is 2. The third-order valence-electron chi connectivity index (χ3n) is 6.13. The van der Waals surface area contributed by atoms with Gasteiger partial charge in [-0.2, -0.15) is 13.4 Å². The van der Waals surface area contributed by atoms with E-state index in [9.17, 15) is 28.5 Å². The molecule has 4 rings (SSSR count). The van der Waals surface area contributed by atoms with Gasteiger partial charge in [0.15, 0.2) is 6.23 Å². The Morgan fingerprint density at radius 3 is 2.19 bits per heavy atom. The number of nitrogen functional groups attached to an aromatic ring is 1. The lowest BCUT2D eigenvalue weighted by molar-refractivity contribution is -0.126. The van der Waals surface area contributed by atoms with E-state index in [1.807, 2.05) is 6.92 Å². The predicted molar refractivity (Wildman–Crippen MR) is 109 cm³/mol. The first kappa shape index (κ1) is 23.3. The second-order valence-electron chi connectivity index (χ2n) is 8.15. The van der Waals surface area contributed by atoms with E-state index in [4.69, 9.17) is 15.0 Å². The van der Waals surface area contributed by atoms with Crippen LogP contribution in [0, 0.1) is 12.3 Å². The van der Waals surface area contributed by atoms with Crippen LogP contribution >= 0.6 is 0 Å². The Bertz CT molecular complexity index is 1150. The number of benzene rings is 1. The molecule has 0 spiro atoms. The Kier molecular flexibility index (Phi) is 5.54. The number of aliphatic hydroxyl groups excluding tert-OH is 1. The van der Waals surface area contributed by atoms with Crippen LogP contribution in [0.3, 0.4) is 0 Å². The molecule has 1 aliphatic carbocycles. The summed E-state index contributed by atoms with van der Waals surface area (Å²) in [4.78, 5) is 15.4. The summed E-state index contributed by atoms with van der Waals surface area (Å²) < 4.78 is 36.1. The van der Waals surface area contributed by atoms with Gasteiger partial charge in [-0.25, -0.2) is 4.79 Å². The van der Waals surface area contributed by atoms with Crippen molar-refractivity contribution in [2.75, 3.05) is 12.3 Å². The van der Waals surface area contributed by atoms with Crippen molar-refractivity contribution in [3.8, 4) is 0 Å². The maximum Gasteiger partial charge on any atom is 0.351 e. The quantitative estimate of drug-likeness (QED) is 0.376. The maximum absolute atomic E-state index is 11.9. The van der Waals surface area contributed by atoms with Gasteiger partial charge in [-0.3, -0.25) is 9.12 Å². The lowest BCUT2D eigenvalue weighted by atomic mass is 10.0. The molecule has 1 saturated carbocycles. The van der Waals surface area contributed by atoms with E-state index in [0.29, 0.717) is 0 Å². The first-order valence-corrected chi connectivity index (χ1v) is 10.8. The molecule has 2 heterocycles. The second kappa shape index (κ2) is 7.36. The van der Waals surface area contributed by atoms with Gasteiger partial charge in [-0.15, -0.1) is 0 Å². The fourth-order valence-corrected chi connectivity index (χ4v) is 4.63. The lowest BCUT2D eigenvalue weighted by Crippen LogP contribution is -2.38. The fourth-order valence-electron chi connectivity index (χ4n) is 4.15. The minimum Gasteiger partial charge on any atom is -0.394 e. The van der Waals surface area contributed by atoms with E-state index in [2.05, 4.69) is 4.98 Å². The lowest BCUT2D eigenvalue weighted by Gasteiger charge is -2.27. The number of fused-ring (bicyclic) bond motifs is 1. The molecule has 1 saturated heterocycles. The summed E-state index contributed by atoms with van der Waals surface area (Å²) in [7, 11) is -4.02. The average Bonchev–Trinajstić information content (AvgIpc) is 2.89. The molecule has 0 amide bonds. The van der Waals surface area contributed by atoms with Gasteiger partial charge in [-0.05, 0) is 25.1 Å². The molecule has 1 aliphatic heterocycles. The highest BCUT2D eigenvalue weighted by Crippen LogP contribution is 2.75. The summed E-state index contributed by atoms with van der Waals surface area (Å²) in [5.74, 6) is 0.0558. The molecule has 12 heteroatoms. The molecule has 170 valence electrons. The summed E-state index contributed by atoms with van der Waals surface area (Å²) in [6, 6.07) is 7.39. The van der Waals surface area contributed by atoms with Crippen LogP contribution in [0.2, 0.25) is 0 Å². The molecule has 6 N–H and O–H groups in total. The number of nitrogens with two attached hydrogens (primary N) is 1. The van der Waals surface area contributed by atoms with Crippen LogP contribution in [-0.4, -0.2) is 61.8 Å². The summed E-state index contributed by atoms with van der Waals surface area (Å²) in [5, 5.41) is 30.7. The van der Waals surface area contributed by atoms with Crippen LogP contribution in [0.1, 0.15) is 25.6 Å². The van der Waals surface area contributed by atoms with Crippen LogP contribution in [0.5, 0.6) is 0 Å². The zero-order valence-corrected chi connectivity index (χ0v) is 17.9. The molecule has 2 aliphatic rings. The second-order valence-corrected chi connectivity index (χ2v) is 9.57. The Balaban J connectivity index is 0.000000210. The number of hydrogen-bond acceptors (Lipinski definition) is 9. The topological polar surface area (TPSA) is 185 Å². The Labute approximate surface area is 178 Å². The zero-order valence-electron chi connectivity index (χ0n) is 17.1. The van der Waals surface area contributed by atoms with Gasteiger partial charge in [0.05, 0.1) is 11.5 Å². The number of aromatic nitrogens is 2. The van der Waals surface area contributed by atoms with Crippen molar-refractivity contribution in [1.82, 2.24) is 9.55 Å². The van der Waals surface area contributed by atoms with E-state index in [1.165, 1.54) is 24.4 Å². The molecule has 4 atom stereocenters. The molecule has 1 aromatic carbocycles. The van der Waals surface area contributed by atoms with Crippen LogP contribution < -0.4 is 11.4 Å². The highest BCUT2D eigenvalue weighted by molar-refractivity contribution is 7.85. The van der Waals surface area contributed by atoms with Crippen LogP contribution in [0.15, 0.2) is 46.2 Å². The number of aliphatic hydroxyl groups is 3. The molecule has 0 unspecified atom stereocenters. The van der Waals surface area contributed by atoms with Gasteiger partial charge in [0.2, 0.25) is 0 Å². The monoisotopic (exact) mass is 455 g/mol. The van der Waals surface area contributed by atoms with Crippen LogP contribution in [-0.2, 0) is 14.9 Å². The summed E-state index contributed by atoms with van der Waals surface area (Å²) >= 11 is 0. The highest BCUT2D eigenvalue weighted by Gasteiger charge is 2.92. The molecule has 31 heavy (non-hydrogen) atoms. The SMILES string of the molecule is CC1(C)[C@]2(O)[C@@H](CO)O[C@@H](n3ccc(N)nc3=O)[C@]12O.Cc1ccc(S(=O)(=O)O)cc1. The molecule has 0 radical (unpaired) electrons. The normalized spacial score (nSPS) is 30.8. The van der Waals surface area contributed by atoms with Gasteiger partial charge in [-0.1, -0.05) is 31.5 Å². The third-order valence-corrected chi connectivity index (χ3v) is 7.00. The van der Waals surface area contributed by atoms with E-state index in [1.54, 1.807) is 26.0 Å². The van der Waals surface area contributed by atoms with Crippen molar-refractivity contribution >= 4 is 15.9 Å².